The molecule has 4 rings (SSSR count). The van der Waals surface area contributed by atoms with Gasteiger partial charge in [0.2, 0.25) is 0 Å². The molecule has 4 heterocycles. The van der Waals surface area contributed by atoms with Crippen LogP contribution in [-0.4, -0.2) is 55.8 Å². The minimum atomic E-state index is 0.670. The van der Waals surface area contributed by atoms with Gasteiger partial charge in [-0.2, -0.15) is 14.6 Å². The molecular formula is C16H21N7O. The average Bonchev–Trinajstić information content (AvgIpc) is 3.23. The molecule has 8 nitrogen and oxygen atoms in total. The molecule has 0 aromatic carbocycles. The first-order valence-electron chi connectivity index (χ1n) is 8.32. The summed E-state index contributed by atoms with van der Waals surface area (Å²) in [4.78, 5) is 13.5. The molecule has 0 unspecified atom stereocenters. The topological polar surface area (TPSA) is 75.6 Å². The van der Waals surface area contributed by atoms with Crippen LogP contribution in [0.1, 0.15) is 24.1 Å². The number of piperazine rings is 1. The highest BCUT2D eigenvalue weighted by Crippen LogP contribution is 2.19. The summed E-state index contributed by atoms with van der Waals surface area (Å²) < 4.78 is 7.15. The van der Waals surface area contributed by atoms with Gasteiger partial charge in [0, 0.05) is 44.0 Å². The summed E-state index contributed by atoms with van der Waals surface area (Å²) in [5.41, 5.74) is 1.98. The zero-order chi connectivity index (χ0) is 16.5. The summed E-state index contributed by atoms with van der Waals surface area (Å²) in [6.07, 6.45) is 2.45. The quantitative estimate of drug-likeness (QED) is 0.715. The van der Waals surface area contributed by atoms with Crippen molar-refractivity contribution in [2.45, 2.75) is 26.8 Å². The molecule has 8 heteroatoms. The largest absolute Gasteiger partial charge is 0.360 e. The van der Waals surface area contributed by atoms with Crippen LogP contribution < -0.4 is 4.90 Å². The van der Waals surface area contributed by atoms with Crippen molar-refractivity contribution >= 4 is 11.6 Å². The molecule has 0 saturated carbocycles. The number of hydrogen-bond acceptors (Lipinski definition) is 7. The molecule has 3 aromatic heterocycles. The van der Waals surface area contributed by atoms with Crippen molar-refractivity contribution in [3.63, 3.8) is 0 Å². The van der Waals surface area contributed by atoms with Crippen LogP contribution in [-0.2, 0) is 13.0 Å². The van der Waals surface area contributed by atoms with Gasteiger partial charge >= 0.3 is 0 Å². The Balaban J connectivity index is 1.48. The van der Waals surface area contributed by atoms with Crippen LogP contribution in [0, 0.1) is 6.92 Å². The first kappa shape index (κ1) is 15.1. The highest BCUT2D eigenvalue weighted by molar-refractivity contribution is 5.47. The molecule has 0 spiro atoms. The highest BCUT2D eigenvalue weighted by atomic mass is 16.5. The number of aromatic nitrogens is 5. The third-order valence-electron chi connectivity index (χ3n) is 4.40. The van der Waals surface area contributed by atoms with Crippen molar-refractivity contribution < 1.29 is 4.52 Å². The standard InChI is InChI=1S/C16H21N7O/c1-3-13-9-15(23-16(19-13)17-11-18-23)22-6-4-21(5-7-22)10-14-8-12(2)20-24-14/h8-9,11H,3-7,10H2,1-2H3. The van der Waals surface area contributed by atoms with Gasteiger partial charge in [-0.05, 0) is 13.3 Å². The van der Waals surface area contributed by atoms with Crippen LogP contribution >= 0.6 is 0 Å². The van der Waals surface area contributed by atoms with E-state index in [1.165, 1.54) is 0 Å². The summed E-state index contributed by atoms with van der Waals surface area (Å²) in [5, 5.41) is 8.28. The van der Waals surface area contributed by atoms with Gasteiger partial charge in [-0.25, -0.2) is 4.98 Å². The molecule has 1 saturated heterocycles. The summed E-state index contributed by atoms with van der Waals surface area (Å²) in [6, 6.07) is 4.12. The Bertz CT molecular complexity index is 832. The van der Waals surface area contributed by atoms with Crippen LogP contribution in [0.5, 0.6) is 0 Å². The van der Waals surface area contributed by atoms with E-state index < -0.39 is 0 Å². The second kappa shape index (κ2) is 6.20. The number of aryl methyl sites for hydroxylation is 2. The molecule has 1 aliphatic heterocycles. The number of anilines is 1. The van der Waals surface area contributed by atoms with Gasteiger partial charge in [0.15, 0.2) is 5.76 Å². The molecule has 1 fully saturated rings. The van der Waals surface area contributed by atoms with Gasteiger partial charge < -0.3 is 9.42 Å². The summed E-state index contributed by atoms with van der Waals surface area (Å²) >= 11 is 0. The average molecular weight is 327 g/mol. The summed E-state index contributed by atoms with van der Waals surface area (Å²) in [6.45, 7) is 8.69. The second-order valence-electron chi connectivity index (χ2n) is 6.13. The lowest BCUT2D eigenvalue weighted by atomic mass is 10.2. The van der Waals surface area contributed by atoms with Crippen molar-refractivity contribution in [1.29, 1.82) is 0 Å². The highest BCUT2D eigenvalue weighted by Gasteiger charge is 2.21. The minimum Gasteiger partial charge on any atom is -0.360 e. The predicted octanol–water partition coefficient (Wildman–Crippen LogP) is 1.31. The fourth-order valence-corrected chi connectivity index (χ4v) is 3.10. The van der Waals surface area contributed by atoms with E-state index in [2.05, 4.69) is 43.0 Å². The molecule has 0 atom stereocenters. The van der Waals surface area contributed by atoms with Gasteiger partial charge in [-0.3, -0.25) is 4.90 Å². The molecule has 0 N–H and O–H groups in total. The van der Waals surface area contributed by atoms with E-state index in [0.29, 0.717) is 5.78 Å². The van der Waals surface area contributed by atoms with E-state index >= 15 is 0 Å². The molecule has 0 radical (unpaired) electrons. The van der Waals surface area contributed by atoms with E-state index in [0.717, 1.165) is 62.1 Å². The lowest BCUT2D eigenvalue weighted by Crippen LogP contribution is -2.46. The smallest absolute Gasteiger partial charge is 0.254 e. The van der Waals surface area contributed by atoms with Crippen LogP contribution in [0.4, 0.5) is 5.82 Å². The van der Waals surface area contributed by atoms with Crippen LogP contribution in [0.2, 0.25) is 0 Å². The van der Waals surface area contributed by atoms with Crippen LogP contribution in [0.15, 0.2) is 23.0 Å². The van der Waals surface area contributed by atoms with Crippen molar-refractivity contribution in [3.05, 3.63) is 35.6 Å². The van der Waals surface area contributed by atoms with Crippen molar-refractivity contribution in [1.82, 2.24) is 29.6 Å². The zero-order valence-corrected chi connectivity index (χ0v) is 14.0. The molecule has 0 aliphatic carbocycles. The Labute approximate surface area is 140 Å². The molecule has 24 heavy (non-hydrogen) atoms. The van der Waals surface area contributed by atoms with E-state index in [1.54, 1.807) is 6.33 Å². The maximum atomic E-state index is 5.32. The fourth-order valence-electron chi connectivity index (χ4n) is 3.10. The van der Waals surface area contributed by atoms with Gasteiger partial charge in [0.05, 0.1) is 12.2 Å². The number of nitrogens with zero attached hydrogens (tertiary/aromatic N) is 7. The number of rotatable bonds is 4. The second-order valence-corrected chi connectivity index (χ2v) is 6.13. The first-order valence-corrected chi connectivity index (χ1v) is 8.32. The van der Waals surface area contributed by atoms with Crippen LogP contribution in [0.3, 0.4) is 0 Å². The van der Waals surface area contributed by atoms with E-state index in [-0.39, 0.29) is 0 Å². The first-order chi connectivity index (χ1) is 11.7. The van der Waals surface area contributed by atoms with E-state index in [4.69, 9.17) is 4.52 Å². The molecule has 3 aromatic rings. The normalized spacial score (nSPS) is 16.2. The summed E-state index contributed by atoms with van der Waals surface area (Å²) in [7, 11) is 0. The Morgan fingerprint density at radius 1 is 1.17 bits per heavy atom. The fraction of sp³-hybridized carbons (Fsp3) is 0.500. The Hall–Kier alpha value is -2.48. The third kappa shape index (κ3) is 2.84. The Kier molecular flexibility index (Phi) is 3.89. The Morgan fingerprint density at radius 3 is 2.71 bits per heavy atom. The maximum Gasteiger partial charge on any atom is 0.254 e. The SMILES string of the molecule is CCc1cc(N2CCN(Cc3cc(C)no3)CC2)n2ncnc2n1. The van der Waals surface area contributed by atoms with Crippen molar-refractivity contribution in [3.8, 4) is 0 Å². The monoisotopic (exact) mass is 327 g/mol. The van der Waals surface area contributed by atoms with E-state index in [9.17, 15) is 0 Å². The molecule has 0 amide bonds. The molecular weight excluding hydrogens is 306 g/mol. The lowest BCUT2D eigenvalue weighted by molar-refractivity contribution is 0.219. The van der Waals surface area contributed by atoms with Gasteiger partial charge in [0.25, 0.3) is 5.78 Å². The number of fused-ring (bicyclic) bond motifs is 1. The molecule has 0 bridgehead atoms. The van der Waals surface area contributed by atoms with Crippen molar-refractivity contribution in [2.24, 2.45) is 0 Å². The van der Waals surface area contributed by atoms with Crippen molar-refractivity contribution in [2.75, 3.05) is 31.1 Å². The third-order valence-corrected chi connectivity index (χ3v) is 4.40. The Morgan fingerprint density at radius 2 is 2.00 bits per heavy atom. The zero-order valence-electron chi connectivity index (χ0n) is 14.0. The number of hydrogen-bond donors (Lipinski definition) is 0. The van der Waals surface area contributed by atoms with E-state index in [1.807, 2.05) is 17.5 Å². The maximum absolute atomic E-state index is 5.32. The summed E-state index contributed by atoms with van der Waals surface area (Å²) in [5.74, 6) is 2.67. The minimum absolute atomic E-state index is 0.670. The predicted molar refractivity (Wildman–Crippen MR) is 88.9 cm³/mol. The van der Waals surface area contributed by atoms with Gasteiger partial charge in [0.1, 0.15) is 12.1 Å². The van der Waals surface area contributed by atoms with Crippen LogP contribution in [0.25, 0.3) is 5.78 Å². The molecule has 1 aliphatic rings. The van der Waals surface area contributed by atoms with Gasteiger partial charge in [-0.15, -0.1) is 0 Å². The van der Waals surface area contributed by atoms with Gasteiger partial charge in [-0.1, -0.05) is 12.1 Å². The lowest BCUT2D eigenvalue weighted by Gasteiger charge is -2.35. The molecule has 126 valence electrons.